The van der Waals surface area contributed by atoms with E-state index in [9.17, 15) is 4.79 Å². The number of benzene rings is 1. The first-order valence-corrected chi connectivity index (χ1v) is 9.32. The van der Waals surface area contributed by atoms with Gasteiger partial charge in [0.2, 0.25) is 5.89 Å². The molecule has 4 aromatic rings. The molecule has 126 valence electrons. The Bertz CT molecular complexity index is 1030. The highest BCUT2D eigenvalue weighted by Crippen LogP contribution is 2.37. The Hall–Kier alpha value is -2.48. The Balaban J connectivity index is 1.64. The number of fused-ring (bicyclic) bond motifs is 1. The number of hydrogen-bond donors (Lipinski definition) is 2. The van der Waals surface area contributed by atoms with Gasteiger partial charge in [0.1, 0.15) is 11.6 Å². The van der Waals surface area contributed by atoms with Crippen LogP contribution in [0.5, 0.6) is 0 Å². The van der Waals surface area contributed by atoms with E-state index in [1.807, 2.05) is 30.3 Å². The normalized spacial score (nSPS) is 12.5. The third-order valence-corrected chi connectivity index (χ3v) is 5.94. The zero-order valence-corrected chi connectivity index (χ0v) is 14.6. The van der Waals surface area contributed by atoms with Crippen LogP contribution >= 0.6 is 22.7 Å². The molecule has 0 spiro atoms. The van der Waals surface area contributed by atoms with Crippen LogP contribution in [-0.2, 0) is 11.2 Å². The lowest BCUT2D eigenvalue weighted by atomic mass is 10.1. The summed E-state index contributed by atoms with van der Waals surface area (Å²) < 4.78 is 5.85. The number of carbonyl (C=O) groups is 1. The molecular weight excluding hydrogens is 356 g/mol. The van der Waals surface area contributed by atoms with Gasteiger partial charge in [-0.25, -0.2) is 4.98 Å². The topological polar surface area (TPSA) is 89.4 Å². The van der Waals surface area contributed by atoms with Crippen molar-refractivity contribution < 1.29 is 14.3 Å². The van der Waals surface area contributed by atoms with E-state index < -0.39 is 12.0 Å². The molecule has 0 fully saturated rings. The van der Waals surface area contributed by atoms with Crippen molar-refractivity contribution in [1.82, 2.24) is 4.98 Å². The number of nitrogens with zero attached hydrogens (tertiary/aromatic N) is 1. The predicted octanol–water partition coefficient (Wildman–Crippen LogP) is 4.24. The number of hydrogen-bond acceptors (Lipinski definition) is 6. The summed E-state index contributed by atoms with van der Waals surface area (Å²) in [5, 5.41) is 11.0. The number of aliphatic carboxylic acids is 1. The van der Waals surface area contributed by atoms with E-state index in [0.717, 1.165) is 10.4 Å². The molecule has 0 saturated carbocycles. The summed E-state index contributed by atoms with van der Waals surface area (Å²) in [6.07, 6.45) is 0.259. The van der Waals surface area contributed by atoms with Crippen molar-refractivity contribution in [1.29, 1.82) is 0 Å². The smallest absolute Gasteiger partial charge is 0.320 e. The molecular formula is C18H14N2O3S2. The molecule has 3 aromatic heterocycles. The molecule has 0 unspecified atom stereocenters. The molecule has 5 nitrogen and oxygen atoms in total. The monoisotopic (exact) mass is 370 g/mol. The van der Waals surface area contributed by atoms with Crippen LogP contribution in [0.25, 0.3) is 31.6 Å². The fourth-order valence-electron chi connectivity index (χ4n) is 2.55. The van der Waals surface area contributed by atoms with E-state index in [-0.39, 0.29) is 6.42 Å². The maximum absolute atomic E-state index is 10.9. The third-order valence-electron chi connectivity index (χ3n) is 3.81. The highest BCUT2D eigenvalue weighted by atomic mass is 32.1. The second-order valence-electron chi connectivity index (χ2n) is 5.61. The molecule has 0 bridgehead atoms. The molecule has 0 amide bonds. The van der Waals surface area contributed by atoms with E-state index in [1.165, 1.54) is 9.75 Å². The Morgan fingerprint density at radius 3 is 2.80 bits per heavy atom. The second-order valence-corrected chi connectivity index (χ2v) is 7.64. The molecule has 0 aliphatic carbocycles. The standard InChI is InChI=1S/C18H14N2O3S2/c19-11(18(21)22)8-10-3-4-13-12(9-10)20-17(23-13)16-6-5-15(25-16)14-2-1-7-24-14/h1-7,9,11H,8,19H2,(H,21,22)/t11-/m0/s1. The lowest BCUT2D eigenvalue weighted by Gasteiger charge is -2.05. The molecule has 1 atom stereocenters. The number of thiophene rings is 2. The Labute approximate surface area is 151 Å². The molecule has 0 aliphatic rings. The summed E-state index contributed by atoms with van der Waals surface area (Å²) in [6.45, 7) is 0. The molecule has 3 N–H and O–H groups in total. The summed E-state index contributed by atoms with van der Waals surface area (Å²) in [6, 6.07) is 12.7. The van der Waals surface area contributed by atoms with Gasteiger partial charge in [-0.05, 0) is 47.7 Å². The molecule has 0 saturated heterocycles. The van der Waals surface area contributed by atoms with Crippen molar-refractivity contribution in [2.24, 2.45) is 5.73 Å². The van der Waals surface area contributed by atoms with Crippen LogP contribution in [-0.4, -0.2) is 22.1 Å². The van der Waals surface area contributed by atoms with Crippen molar-refractivity contribution >= 4 is 39.7 Å². The zero-order chi connectivity index (χ0) is 17.4. The second kappa shape index (κ2) is 6.44. The molecule has 0 radical (unpaired) electrons. The van der Waals surface area contributed by atoms with Crippen molar-refractivity contribution in [2.75, 3.05) is 0 Å². The van der Waals surface area contributed by atoms with Crippen molar-refractivity contribution in [3.8, 4) is 20.5 Å². The maximum atomic E-state index is 10.9. The maximum Gasteiger partial charge on any atom is 0.320 e. The molecule has 3 heterocycles. The number of carboxylic acids is 1. The van der Waals surface area contributed by atoms with Crippen molar-refractivity contribution in [3.05, 3.63) is 53.4 Å². The van der Waals surface area contributed by atoms with Crippen LogP contribution < -0.4 is 5.73 Å². The minimum Gasteiger partial charge on any atom is -0.480 e. The van der Waals surface area contributed by atoms with Crippen molar-refractivity contribution in [3.63, 3.8) is 0 Å². The average Bonchev–Trinajstić information content (AvgIpc) is 3.32. The van der Waals surface area contributed by atoms with Gasteiger partial charge in [-0.15, -0.1) is 22.7 Å². The molecule has 7 heteroatoms. The Kier molecular flexibility index (Phi) is 4.12. The quantitative estimate of drug-likeness (QED) is 0.548. The lowest BCUT2D eigenvalue weighted by Crippen LogP contribution is -2.32. The van der Waals surface area contributed by atoms with E-state index in [2.05, 4.69) is 22.5 Å². The number of carboxylic acid groups (broad SMARTS) is 1. The van der Waals surface area contributed by atoms with Crippen LogP contribution in [0.2, 0.25) is 0 Å². The molecule has 4 rings (SSSR count). The summed E-state index contributed by atoms with van der Waals surface area (Å²) in [5.74, 6) is -0.442. The largest absolute Gasteiger partial charge is 0.480 e. The number of aromatic nitrogens is 1. The number of rotatable bonds is 5. The third kappa shape index (κ3) is 3.21. The fourth-order valence-corrected chi connectivity index (χ4v) is 4.32. The van der Waals surface area contributed by atoms with E-state index >= 15 is 0 Å². The van der Waals surface area contributed by atoms with Gasteiger partial charge in [0.25, 0.3) is 0 Å². The SMILES string of the molecule is N[C@@H](Cc1ccc2oc(-c3ccc(-c4cccs4)s3)nc2c1)C(=O)O. The zero-order valence-electron chi connectivity index (χ0n) is 13.0. The first-order chi connectivity index (χ1) is 12.1. The van der Waals surface area contributed by atoms with E-state index in [4.69, 9.17) is 15.3 Å². The van der Waals surface area contributed by atoms with E-state index in [1.54, 1.807) is 22.7 Å². The minimum atomic E-state index is -1.01. The van der Waals surface area contributed by atoms with Gasteiger partial charge < -0.3 is 15.3 Å². The molecule has 0 aliphatic heterocycles. The van der Waals surface area contributed by atoms with Crippen LogP contribution in [0.15, 0.2) is 52.3 Å². The van der Waals surface area contributed by atoms with Gasteiger partial charge in [-0.3, -0.25) is 4.79 Å². The minimum absolute atomic E-state index is 0.259. The number of oxazole rings is 1. The summed E-state index contributed by atoms with van der Waals surface area (Å²) >= 11 is 3.33. The van der Waals surface area contributed by atoms with Crippen LogP contribution in [0.1, 0.15) is 5.56 Å². The lowest BCUT2D eigenvalue weighted by molar-refractivity contribution is -0.138. The summed E-state index contributed by atoms with van der Waals surface area (Å²) in [7, 11) is 0. The van der Waals surface area contributed by atoms with Gasteiger partial charge >= 0.3 is 5.97 Å². The van der Waals surface area contributed by atoms with Crippen LogP contribution in [0.4, 0.5) is 0 Å². The van der Waals surface area contributed by atoms with E-state index in [0.29, 0.717) is 17.0 Å². The number of nitrogens with two attached hydrogens (primary N) is 1. The summed E-state index contributed by atoms with van der Waals surface area (Å²) in [5.41, 5.74) is 7.80. The highest BCUT2D eigenvalue weighted by Gasteiger charge is 2.15. The fraction of sp³-hybridized carbons (Fsp3) is 0.111. The average molecular weight is 370 g/mol. The Morgan fingerprint density at radius 2 is 2.04 bits per heavy atom. The predicted molar refractivity (Wildman–Crippen MR) is 100.0 cm³/mol. The van der Waals surface area contributed by atoms with Gasteiger partial charge in [-0.1, -0.05) is 12.1 Å². The summed E-state index contributed by atoms with van der Waals surface area (Å²) in [4.78, 5) is 18.8. The van der Waals surface area contributed by atoms with Gasteiger partial charge in [0.15, 0.2) is 5.58 Å². The van der Waals surface area contributed by atoms with Gasteiger partial charge in [-0.2, -0.15) is 0 Å². The molecule has 25 heavy (non-hydrogen) atoms. The van der Waals surface area contributed by atoms with Crippen LogP contribution in [0, 0.1) is 0 Å². The molecule has 1 aromatic carbocycles. The first-order valence-electron chi connectivity index (χ1n) is 7.62. The van der Waals surface area contributed by atoms with Gasteiger partial charge in [0.05, 0.1) is 4.88 Å². The Morgan fingerprint density at radius 1 is 1.20 bits per heavy atom. The first kappa shape index (κ1) is 16.0. The van der Waals surface area contributed by atoms with Crippen molar-refractivity contribution in [2.45, 2.75) is 12.5 Å². The van der Waals surface area contributed by atoms with Gasteiger partial charge in [0, 0.05) is 9.75 Å². The van der Waals surface area contributed by atoms with Crippen LogP contribution in [0.3, 0.4) is 0 Å². The highest BCUT2D eigenvalue weighted by molar-refractivity contribution is 7.23.